The highest BCUT2D eigenvalue weighted by molar-refractivity contribution is 7.21. The van der Waals surface area contributed by atoms with E-state index in [2.05, 4.69) is 5.32 Å². The molecule has 0 unspecified atom stereocenters. The van der Waals surface area contributed by atoms with Crippen molar-refractivity contribution in [2.45, 2.75) is 0 Å². The number of halogens is 1. The molecule has 1 amide bonds. The Morgan fingerprint density at radius 2 is 1.96 bits per heavy atom. The Kier molecular flexibility index (Phi) is 5.21. The van der Waals surface area contributed by atoms with E-state index in [1.165, 1.54) is 18.4 Å². The largest absolute Gasteiger partial charge is 0.497 e. The number of hydrogen-bond donors (Lipinski definition) is 1. The lowest BCUT2D eigenvalue weighted by molar-refractivity contribution is -0.119. The maximum atomic E-state index is 12.2. The number of benzene rings is 2. The van der Waals surface area contributed by atoms with Gasteiger partial charge in [0, 0.05) is 21.8 Å². The van der Waals surface area contributed by atoms with E-state index in [0.29, 0.717) is 16.5 Å². The Morgan fingerprint density at radius 1 is 1.16 bits per heavy atom. The first kappa shape index (κ1) is 17.3. The van der Waals surface area contributed by atoms with Gasteiger partial charge in [0.25, 0.3) is 5.91 Å². The van der Waals surface area contributed by atoms with Crippen molar-refractivity contribution in [2.24, 2.45) is 0 Å². The minimum Gasteiger partial charge on any atom is -0.497 e. The van der Waals surface area contributed by atoms with Crippen LogP contribution in [0.2, 0.25) is 5.02 Å². The number of thiophene rings is 1. The fourth-order valence-corrected chi connectivity index (χ4v) is 3.64. The number of esters is 1. The lowest BCUT2D eigenvalue weighted by Gasteiger charge is -2.07. The first-order chi connectivity index (χ1) is 12.1. The molecule has 0 aliphatic carbocycles. The van der Waals surface area contributed by atoms with E-state index in [1.807, 2.05) is 24.3 Å². The van der Waals surface area contributed by atoms with Crippen LogP contribution >= 0.6 is 22.9 Å². The quantitative estimate of drug-likeness (QED) is 0.673. The Balaban J connectivity index is 1.63. The third-order valence-corrected chi connectivity index (χ3v) is 5.06. The number of amides is 1. The van der Waals surface area contributed by atoms with Crippen LogP contribution in [-0.4, -0.2) is 25.6 Å². The summed E-state index contributed by atoms with van der Waals surface area (Å²) in [4.78, 5) is 24.4. The molecule has 0 bridgehead atoms. The van der Waals surface area contributed by atoms with Crippen LogP contribution in [0.1, 0.15) is 9.67 Å². The summed E-state index contributed by atoms with van der Waals surface area (Å²) in [5.74, 6) is -0.447. The van der Waals surface area contributed by atoms with Gasteiger partial charge < -0.3 is 14.8 Å². The van der Waals surface area contributed by atoms with Crippen molar-refractivity contribution < 1.29 is 19.1 Å². The fourth-order valence-electron chi connectivity index (χ4n) is 2.24. The number of carbonyl (C=O) groups is 2. The third kappa shape index (κ3) is 3.92. The summed E-state index contributed by atoms with van der Waals surface area (Å²) in [5, 5.41) is 3.78. The van der Waals surface area contributed by atoms with Gasteiger partial charge in [0.15, 0.2) is 6.61 Å². The number of anilines is 1. The summed E-state index contributed by atoms with van der Waals surface area (Å²) in [6, 6.07) is 14.3. The number of ether oxygens (including phenoxy) is 2. The highest BCUT2D eigenvalue weighted by atomic mass is 35.5. The van der Waals surface area contributed by atoms with Crippen molar-refractivity contribution in [2.75, 3.05) is 19.0 Å². The molecule has 0 aliphatic heterocycles. The van der Waals surface area contributed by atoms with Crippen LogP contribution in [0.3, 0.4) is 0 Å². The van der Waals surface area contributed by atoms with Gasteiger partial charge in [-0.2, -0.15) is 0 Å². The van der Waals surface area contributed by atoms with Gasteiger partial charge in [0.1, 0.15) is 10.6 Å². The molecule has 128 valence electrons. The molecule has 7 heteroatoms. The summed E-state index contributed by atoms with van der Waals surface area (Å²) in [7, 11) is 1.54. The molecule has 25 heavy (non-hydrogen) atoms. The summed E-state index contributed by atoms with van der Waals surface area (Å²) >= 11 is 7.46. The molecule has 1 aromatic heterocycles. The number of carbonyl (C=O) groups excluding carboxylic acids is 2. The second-order valence-corrected chi connectivity index (χ2v) is 6.53. The molecular weight excluding hydrogens is 362 g/mol. The molecule has 0 spiro atoms. The minimum atomic E-state index is -0.619. The number of methoxy groups -OCH3 is 1. The van der Waals surface area contributed by atoms with E-state index < -0.39 is 18.5 Å². The molecule has 3 aromatic rings. The number of nitrogens with one attached hydrogen (secondary N) is 1. The van der Waals surface area contributed by atoms with Crippen molar-refractivity contribution in [3.63, 3.8) is 0 Å². The smallest absolute Gasteiger partial charge is 0.350 e. The first-order valence-corrected chi connectivity index (χ1v) is 8.56. The zero-order chi connectivity index (χ0) is 17.8. The Bertz CT molecular complexity index is 938. The molecule has 0 saturated carbocycles. The SMILES string of the molecule is COc1cccc(NC(=O)COC(=O)c2sc3ccccc3c2Cl)c1. The maximum absolute atomic E-state index is 12.2. The van der Waals surface area contributed by atoms with Gasteiger partial charge in [0.05, 0.1) is 12.1 Å². The third-order valence-electron chi connectivity index (χ3n) is 3.41. The zero-order valence-electron chi connectivity index (χ0n) is 13.2. The Hall–Kier alpha value is -2.57. The standard InChI is InChI=1S/C18H14ClNO4S/c1-23-12-6-4-5-11(9-12)20-15(21)10-24-18(22)17-16(19)13-7-2-3-8-14(13)25-17/h2-9H,10H2,1H3,(H,20,21). The maximum Gasteiger partial charge on any atom is 0.350 e. The lowest BCUT2D eigenvalue weighted by atomic mass is 10.2. The molecule has 0 radical (unpaired) electrons. The van der Waals surface area contributed by atoms with Gasteiger partial charge in [-0.3, -0.25) is 4.79 Å². The predicted octanol–water partition coefficient (Wildman–Crippen LogP) is 4.36. The average molecular weight is 376 g/mol. The van der Waals surface area contributed by atoms with Gasteiger partial charge in [-0.05, 0) is 18.2 Å². The molecule has 0 fully saturated rings. The van der Waals surface area contributed by atoms with Gasteiger partial charge in [0.2, 0.25) is 0 Å². The molecule has 0 saturated heterocycles. The van der Waals surface area contributed by atoms with Crippen LogP contribution in [0, 0.1) is 0 Å². The number of fused-ring (bicyclic) bond motifs is 1. The van der Waals surface area contributed by atoms with Crippen molar-refractivity contribution >= 4 is 50.6 Å². The first-order valence-electron chi connectivity index (χ1n) is 7.36. The second kappa shape index (κ2) is 7.55. The fraction of sp³-hybridized carbons (Fsp3) is 0.111. The molecule has 1 heterocycles. The van der Waals surface area contributed by atoms with Gasteiger partial charge in [-0.1, -0.05) is 35.9 Å². The summed E-state index contributed by atoms with van der Waals surface area (Å²) in [6.45, 7) is -0.402. The molecule has 0 atom stereocenters. The van der Waals surface area contributed by atoms with Crippen molar-refractivity contribution in [1.82, 2.24) is 0 Å². The van der Waals surface area contributed by atoms with E-state index in [1.54, 1.807) is 24.3 Å². The lowest BCUT2D eigenvalue weighted by Crippen LogP contribution is -2.20. The summed E-state index contributed by atoms with van der Waals surface area (Å²) < 4.78 is 11.0. The van der Waals surface area contributed by atoms with Crippen LogP contribution in [0.15, 0.2) is 48.5 Å². The van der Waals surface area contributed by atoms with Crippen LogP contribution in [0.4, 0.5) is 5.69 Å². The van der Waals surface area contributed by atoms with Crippen molar-refractivity contribution in [1.29, 1.82) is 0 Å². The van der Waals surface area contributed by atoms with E-state index in [9.17, 15) is 9.59 Å². The van der Waals surface area contributed by atoms with Gasteiger partial charge in [-0.25, -0.2) is 4.79 Å². The van der Waals surface area contributed by atoms with E-state index in [4.69, 9.17) is 21.1 Å². The molecule has 2 aromatic carbocycles. The van der Waals surface area contributed by atoms with E-state index >= 15 is 0 Å². The van der Waals surface area contributed by atoms with E-state index in [0.717, 1.165) is 10.1 Å². The molecule has 0 aliphatic rings. The van der Waals surface area contributed by atoms with Crippen LogP contribution in [0.25, 0.3) is 10.1 Å². The van der Waals surface area contributed by atoms with Crippen LogP contribution in [-0.2, 0) is 9.53 Å². The van der Waals surface area contributed by atoms with Gasteiger partial charge in [-0.15, -0.1) is 11.3 Å². The van der Waals surface area contributed by atoms with Crippen molar-refractivity contribution in [3.8, 4) is 5.75 Å². The molecule has 1 N–H and O–H groups in total. The molecular formula is C18H14ClNO4S. The normalized spacial score (nSPS) is 10.5. The highest BCUT2D eigenvalue weighted by Gasteiger charge is 2.19. The second-order valence-electron chi connectivity index (χ2n) is 5.10. The molecule has 3 rings (SSSR count). The Labute approximate surface area is 153 Å². The number of hydrogen-bond acceptors (Lipinski definition) is 5. The predicted molar refractivity (Wildman–Crippen MR) is 98.7 cm³/mol. The minimum absolute atomic E-state index is 0.289. The molecule has 5 nitrogen and oxygen atoms in total. The van der Waals surface area contributed by atoms with Crippen molar-refractivity contribution in [3.05, 3.63) is 58.4 Å². The highest BCUT2D eigenvalue weighted by Crippen LogP contribution is 2.35. The van der Waals surface area contributed by atoms with Crippen LogP contribution < -0.4 is 10.1 Å². The Morgan fingerprint density at radius 3 is 2.72 bits per heavy atom. The summed E-state index contributed by atoms with van der Waals surface area (Å²) in [6.07, 6.45) is 0. The monoisotopic (exact) mass is 375 g/mol. The van der Waals surface area contributed by atoms with Gasteiger partial charge >= 0.3 is 5.97 Å². The number of rotatable bonds is 5. The average Bonchev–Trinajstić information content (AvgIpc) is 2.97. The zero-order valence-corrected chi connectivity index (χ0v) is 14.8. The van der Waals surface area contributed by atoms with E-state index in [-0.39, 0.29) is 4.88 Å². The summed E-state index contributed by atoms with van der Waals surface area (Å²) in [5.41, 5.74) is 0.556. The van der Waals surface area contributed by atoms with Crippen LogP contribution in [0.5, 0.6) is 5.75 Å². The topological polar surface area (TPSA) is 64.6 Å².